The van der Waals surface area contributed by atoms with E-state index >= 15 is 0 Å². The summed E-state index contributed by atoms with van der Waals surface area (Å²) < 4.78 is 5.62. The molecule has 86 valence electrons. The van der Waals surface area contributed by atoms with Crippen LogP contribution in [0, 0.1) is 12.8 Å². The second kappa shape index (κ2) is 4.69. The molecule has 0 aliphatic carbocycles. The lowest BCUT2D eigenvalue weighted by atomic mass is 10.1. The van der Waals surface area contributed by atoms with Gasteiger partial charge in [-0.3, -0.25) is 0 Å². The summed E-state index contributed by atoms with van der Waals surface area (Å²) in [5.74, 6) is 1.46. The van der Waals surface area contributed by atoms with Crippen LogP contribution in [0.25, 0.3) is 0 Å². The average Bonchev–Trinajstić information content (AvgIpc) is 2.66. The lowest BCUT2D eigenvalue weighted by molar-refractivity contribution is 0.287. The Morgan fingerprint density at radius 3 is 2.88 bits per heavy atom. The molecule has 2 heteroatoms. The third-order valence-corrected chi connectivity index (χ3v) is 2.94. The van der Waals surface area contributed by atoms with E-state index < -0.39 is 0 Å². The first kappa shape index (κ1) is 11.2. The summed E-state index contributed by atoms with van der Waals surface area (Å²) in [4.78, 5) is 4.61. The van der Waals surface area contributed by atoms with Crippen LogP contribution in [-0.2, 0) is 11.2 Å². The highest BCUT2D eigenvalue weighted by atomic mass is 16.5. The SMILES string of the molecule is Cc1cccc(CC2=N[C@H](C(C)C)CO2)c1. The van der Waals surface area contributed by atoms with Crippen LogP contribution in [0.4, 0.5) is 0 Å². The summed E-state index contributed by atoms with van der Waals surface area (Å²) in [5, 5.41) is 0. The molecule has 1 aromatic rings. The molecule has 0 aromatic heterocycles. The minimum absolute atomic E-state index is 0.347. The molecule has 0 saturated carbocycles. The quantitative estimate of drug-likeness (QED) is 0.762. The lowest BCUT2D eigenvalue weighted by Gasteiger charge is -2.06. The van der Waals surface area contributed by atoms with Crippen LogP contribution in [0.15, 0.2) is 29.3 Å². The van der Waals surface area contributed by atoms with Gasteiger partial charge in [-0.2, -0.15) is 0 Å². The highest BCUT2D eigenvalue weighted by Crippen LogP contribution is 2.16. The Bertz CT molecular complexity index is 395. The van der Waals surface area contributed by atoms with Crippen molar-refractivity contribution in [1.82, 2.24) is 0 Å². The summed E-state index contributed by atoms with van der Waals surface area (Å²) in [6, 6.07) is 8.85. The van der Waals surface area contributed by atoms with Gasteiger partial charge in [0.15, 0.2) is 5.90 Å². The first-order valence-electron chi connectivity index (χ1n) is 5.90. The summed E-state index contributed by atoms with van der Waals surface area (Å²) in [6.07, 6.45) is 0.824. The number of hydrogen-bond donors (Lipinski definition) is 0. The van der Waals surface area contributed by atoms with Crippen LogP contribution in [0.5, 0.6) is 0 Å². The minimum atomic E-state index is 0.347. The Labute approximate surface area is 97.4 Å². The second-order valence-electron chi connectivity index (χ2n) is 4.81. The summed E-state index contributed by atoms with van der Waals surface area (Å²) in [5.41, 5.74) is 2.57. The van der Waals surface area contributed by atoms with Crippen LogP contribution < -0.4 is 0 Å². The summed E-state index contributed by atoms with van der Waals surface area (Å²) >= 11 is 0. The molecule has 0 saturated heterocycles. The highest BCUT2D eigenvalue weighted by molar-refractivity contribution is 5.80. The van der Waals surface area contributed by atoms with E-state index in [4.69, 9.17) is 4.74 Å². The van der Waals surface area contributed by atoms with Crippen molar-refractivity contribution in [3.63, 3.8) is 0 Å². The van der Waals surface area contributed by atoms with E-state index in [0.29, 0.717) is 12.0 Å². The maximum Gasteiger partial charge on any atom is 0.188 e. The van der Waals surface area contributed by atoms with Gasteiger partial charge in [0.05, 0.1) is 6.04 Å². The van der Waals surface area contributed by atoms with E-state index in [9.17, 15) is 0 Å². The number of aryl methyl sites for hydroxylation is 1. The van der Waals surface area contributed by atoms with Crippen molar-refractivity contribution in [2.75, 3.05) is 6.61 Å². The van der Waals surface area contributed by atoms with E-state index in [-0.39, 0.29) is 0 Å². The van der Waals surface area contributed by atoms with E-state index in [1.54, 1.807) is 0 Å². The van der Waals surface area contributed by atoms with Gasteiger partial charge in [-0.05, 0) is 18.4 Å². The molecule has 16 heavy (non-hydrogen) atoms. The third kappa shape index (κ3) is 2.63. The Morgan fingerprint density at radius 1 is 1.44 bits per heavy atom. The topological polar surface area (TPSA) is 21.6 Å². The third-order valence-electron chi connectivity index (χ3n) is 2.94. The predicted molar refractivity (Wildman–Crippen MR) is 66.9 cm³/mol. The number of ether oxygens (including phenoxy) is 1. The molecule has 0 bridgehead atoms. The number of benzene rings is 1. The fraction of sp³-hybridized carbons (Fsp3) is 0.500. The highest BCUT2D eigenvalue weighted by Gasteiger charge is 2.21. The standard InChI is InChI=1S/C14H19NO/c1-10(2)13-9-16-14(15-13)8-12-6-4-5-11(3)7-12/h4-7,10,13H,8-9H2,1-3H3/t13-/m0/s1. The molecule has 0 radical (unpaired) electrons. The molecule has 0 N–H and O–H groups in total. The molecular weight excluding hydrogens is 198 g/mol. The summed E-state index contributed by atoms with van der Waals surface area (Å²) in [7, 11) is 0. The molecule has 0 unspecified atom stereocenters. The Balaban J connectivity index is 2.03. The second-order valence-corrected chi connectivity index (χ2v) is 4.81. The average molecular weight is 217 g/mol. The molecule has 1 aliphatic rings. The van der Waals surface area contributed by atoms with E-state index in [1.165, 1.54) is 11.1 Å². The Morgan fingerprint density at radius 2 is 2.25 bits per heavy atom. The smallest absolute Gasteiger partial charge is 0.188 e. The number of aliphatic imine (C=N–C) groups is 1. The maximum absolute atomic E-state index is 5.62. The molecule has 1 heterocycles. The van der Waals surface area contributed by atoms with Crippen molar-refractivity contribution in [2.24, 2.45) is 10.9 Å². The first-order chi connectivity index (χ1) is 7.65. The van der Waals surface area contributed by atoms with Gasteiger partial charge in [0.1, 0.15) is 6.61 Å². The lowest BCUT2D eigenvalue weighted by Crippen LogP contribution is -2.13. The number of rotatable bonds is 3. The van der Waals surface area contributed by atoms with E-state index in [0.717, 1.165) is 18.9 Å². The van der Waals surface area contributed by atoms with Gasteiger partial charge in [-0.1, -0.05) is 43.7 Å². The molecule has 0 spiro atoms. The predicted octanol–water partition coefficient (Wildman–Crippen LogP) is 2.99. The Kier molecular flexibility index (Phi) is 3.28. The van der Waals surface area contributed by atoms with Crippen LogP contribution in [-0.4, -0.2) is 18.5 Å². The number of nitrogens with zero attached hydrogens (tertiary/aromatic N) is 1. The van der Waals surface area contributed by atoms with Crippen molar-refractivity contribution >= 4 is 5.90 Å². The van der Waals surface area contributed by atoms with Gasteiger partial charge in [0.25, 0.3) is 0 Å². The zero-order valence-corrected chi connectivity index (χ0v) is 10.2. The van der Waals surface area contributed by atoms with Crippen molar-refractivity contribution in [3.8, 4) is 0 Å². The molecule has 1 atom stereocenters. The first-order valence-corrected chi connectivity index (χ1v) is 5.90. The normalized spacial score (nSPS) is 19.8. The molecule has 1 aromatic carbocycles. The zero-order valence-electron chi connectivity index (χ0n) is 10.2. The van der Waals surface area contributed by atoms with Crippen molar-refractivity contribution in [1.29, 1.82) is 0 Å². The van der Waals surface area contributed by atoms with Crippen molar-refractivity contribution in [3.05, 3.63) is 35.4 Å². The monoisotopic (exact) mass is 217 g/mol. The van der Waals surface area contributed by atoms with Crippen LogP contribution in [0.3, 0.4) is 0 Å². The summed E-state index contributed by atoms with van der Waals surface area (Å²) in [6.45, 7) is 7.23. The fourth-order valence-corrected chi connectivity index (χ4v) is 1.88. The van der Waals surface area contributed by atoms with Gasteiger partial charge in [-0.15, -0.1) is 0 Å². The molecule has 2 rings (SSSR count). The van der Waals surface area contributed by atoms with Crippen LogP contribution in [0.2, 0.25) is 0 Å². The fourth-order valence-electron chi connectivity index (χ4n) is 1.88. The minimum Gasteiger partial charge on any atom is -0.478 e. The van der Waals surface area contributed by atoms with E-state index in [2.05, 4.69) is 50.0 Å². The number of hydrogen-bond acceptors (Lipinski definition) is 2. The van der Waals surface area contributed by atoms with Crippen LogP contribution >= 0.6 is 0 Å². The van der Waals surface area contributed by atoms with E-state index in [1.807, 2.05) is 0 Å². The zero-order chi connectivity index (χ0) is 11.5. The van der Waals surface area contributed by atoms with Crippen molar-refractivity contribution < 1.29 is 4.74 Å². The largest absolute Gasteiger partial charge is 0.478 e. The van der Waals surface area contributed by atoms with Gasteiger partial charge in [-0.25, -0.2) is 4.99 Å². The maximum atomic E-state index is 5.62. The van der Waals surface area contributed by atoms with Crippen molar-refractivity contribution in [2.45, 2.75) is 33.2 Å². The van der Waals surface area contributed by atoms with Gasteiger partial charge < -0.3 is 4.74 Å². The molecule has 0 amide bonds. The molecule has 1 aliphatic heterocycles. The molecule has 0 fully saturated rings. The molecular formula is C14H19NO. The Hall–Kier alpha value is -1.31. The molecule has 2 nitrogen and oxygen atoms in total. The van der Waals surface area contributed by atoms with Gasteiger partial charge in [0.2, 0.25) is 0 Å². The van der Waals surface area contributed by atoms with Gasteiger partial charge in [0, 0.05) is 6.42 Å². The van der Waals surface area contributed by atoms with Crippen LogP contribution in [0.1, 0.15) is 25.0 Å². The van der Waals surface area contributed by atoms with Gasteiger partial charge >= 0.3 is 0 Å².